The Balaban J connectivity index is 2.88. The summed E-state index contributed by atoms with van der Waals surface area (Å²) in [6.07, 6.45) is 1.52. The van der Waals surface area contributed by atoms with Gasteiger partial charge in [0.05, 0.1) is 12.2 Å². The predicted octanol–water partition coefficient (Wildman–Crippen LogP) is 0.197. The van der Waals surface area contributed by atoms with E-state index in [1.807, 2.05) is 0 Å². The third-order valence-corrected chi connectivity index (χ3v) is 2.03. The molecule has 0 aromatic carbocycles. The smallest absolute Gasteiger partial charge is 0.269 e. The van der Waals surface area contributed by atoms with Crippen molar-refractivity contribution in [2.75, 3.05) is 18.9 Å². The first-order valence-electron chi connectivity index (χ1n) is 4.35. The number of hydrogen-bond acceptors (Lipinski definition) is 3. The van der Waals surface area contributed by atoms with Gasteiger partial charge in [0.15, 0.2) is 0 Å². The summed E-state index contributed by atoms with van der Waals surface area (Å²) in [5.74, 6) is -0.188. The highest BCUT2D eigenvalue weighted by Crippen LogP contribution is 2.10. The Labute approximate surface area is 92.0 Å². The van der Waals surface area contributed by atoms with Crippen LogP contribution < -0.4 is 16.2 Å². The van der Waals surface area contributed by atoms with Crippen LogP contribution in [0.3, 0.4) is 0 Å². The molecule has 0 fully saturated rings. The average molecular weight is 230 g/mol. The van der Waals surface area contributed by atoms with E-state index < -0.39 is 0 Å². The molecule has 0 aliphatic carbocycles. The van der Waals surface area contributed by atoms with Gasteiger partial charge in [0.2, 0.25) is 5.91 Å². The summed E-state index contributed by atoms with van der Waals surface area (Å²) in [7, 11) is 3.25. The van der Waals surface area contributed by atoms with Crippen LogP contribution in [0, 0.1) is 0 Å². The molecule has 0 radical (unpaired) electrons. The van der Waals surface area contributed by atoms with Gasteiger partial charge in [0, 0.05) is 13.2 Å². The third kappa shape index (κ3) is 3.07. The van der Waals surface area contributed by atoms with Gasteiger partial charge in [0.1, 0.15) is 5.02 Å². The van der Waals surface area contributed by atoms with Gasteiger partial charge in [0.25, 0.3) is 5.56 Å². The van der Waals surface area contributed by atoms with Gasteiger partial charge in [-0.05, 0) is 13.1 Å². The number of hydrogen-bond donors (Lipinski definition) is 2. The number of nitrogens with zero attached hydrogens (tertiary/aromatic N) is 1. The van der Waals surface area contributed by atoms with Gasteiger partial charge in [-0.1, -0.05) is 11.6 Å². The van der Waals surface area contributed by atoms with Gasteiger partial charge in [-0.15, -0.1) is 0 Å². The maximum atomic E-state index is 11.2. The summed E-state index contributed by atoms with van der Waals surface area (Å²) in [5, 5.41) is 5.40. The number of carbonyl (C=O) groups is 1. The fraction of sp³-hybridized carbons (Fsp3) is 0.333. The highest BCUT2D eigenvalue weighted by Gasteiger charge is 2.04. The van der Waals surface area contributed by atoms with Crippen LogP contribution in [-0.4, -0.2) is 24.1 Å². The molecule has 0 aliphatic rings. The van der Waals surface area contributed by atoms with E-state index in [4.69, 9.17) is 11.6 Å². The molecule has 0 saturated heterocycles. The quantitative estimate of drug-likeness (QED) is 0.778. The molecule has 1 aromatic heterocycles. The lowest BCUT2D eigenvalue weighted by molar-refractivity contribution is -0.115. The first-order valence-corrected chi connectivity index (χ1v) is 4.73. The van der Waals surface area contributed by atoms with Crippen LogP contribution >= 0.6 is 11.6 Å². The van der Waals surface area contributed by atoms with E-state index in [-0.39, 0.29) is 23.0 Å². The zero-order valence-corrected chi connectivity index (χ0v) is 9.26. The van der Waals surface area contributed by atoms with Crippen LogP contribution in [-0.2, 0) is 11.8 Å². The van der Waals surface area contributed by atoms with Crippen molar-refractivity contribution < 1.29 is 4.79 Å². The van der Waals surface area contributed by atoms with E-state index in [1.165, 1.54) is 16.8 Å². The number of rotatable bonds is 3. The summed E-state index contributed by atoms with van der Waals surface area (Å²) in [5.41, 5.74) is 0.214. The number of aromatic nitrogens is 1. The summed E-state index contributed by atoms with van der Waals surface area (Å²) >= 11 is 5.68. The zero-order valence-electron chi connectivity index (χ0n) is 8.50. The monoisotopic (exact) mass is 229 g/mol. The fourth-order valence-electron chi connectivity index (χ4n) is 1.11. The van der Waals surface area contributed by atoms with Crippen LogP contribution in [0.15, 0.2) is 17.1 Å². The number of aryl methyl sites for hydroxylation is 1. The highest BCUT2D eigenvalue weighted by molar-refractivity contribution is 6.30. The SMILES string of the molecule is CNCC(=O)Nc1cc(Cl)c(=O)n(C)c1. The minimum atomic E-state index is -0.289. The third-order valence-electron chi connectivity index (χ3n) is 1.76. The van der Waals surface area contributed by atoms with Gasteiger partial charge in [-0.25, -0.2) is 0 Å². The maximum Gasteiger partial charge on any atom is 0.269 e. The minimum Gasteiger partial charge on any atom is -0.324 e. The van der Waals surface area contributed by atoms with Crippen molar-refractivity contribution in [2.24, 2.45) is 7.05 Å². The molecule has 0 spiro atoms. The second kappa shape index (κ2) is 4.95. The normalized spacial score (nSPS) is 10.1. The predicted molar refractivity (Wildman–Crippen MR) is 59.2 cm³/mol. The van der Waals surface area contributed by atoms with Crippen LogP contribution in [0.1, 0.15) is 0 Å². The van der Waals surface area contributed by atoms with E-state index >= 15 is 0 Å². The van der Waals surface area contributed by atoms with Crippen LogP contribution in [0.2, 0.25) is 5.02 Å². The Kier molecular flexibility index (Phi) is 3.88. The largest absolute Gasteiger partial charge is 0.324 e. The second-order valence-electron chi connectivity index (χ2n) is 3.07. The molecule has 1 heterocycles. The van der Waals surface area contributed by atoms with Gasteiger partial charge >= 0.3 is 0 Å². The van der Waals surface area contributed by atoms with Crippen molar-refractivity contribution in [1.82, 2.24) is 9.88 Å². The number of amides is 1. The number of likely N-dealkylation sites (N-methyl/N-ethyl adjacent to an activating group) is 1. The summed E-state index contributed by atoms with van der Waals surface area (Å²) in [4.78, 5) is 22.5. The molecule has 15 heavy (non-hydrogen) atoms. The first-order chi connectivity index (χ1) is 7.04. The molecule has 6 heteroatoms. The fourth-order valence-corrected chi connectivity index (χ4v) is 1.36. The molecule has 0 bridgehead atoms. The molecular formula is C9H12ClN3O2. The average Bonchev–Trinajstić information content (AvgIpc) is 2.14. The molecule has 0 unspecified atom stereocenters. The van der Waals surface area contributed by atoms with Crippen LogP contribution in [0.25, 0.3) is 0 Å². The Morgan fingerprint density at radius 3 is 2.80 bits per heavy atom. The molecule has 2 N–H and O–H groups in total. The van der Waals surface area contributed by atoms with Gasteiger partial charge < -0.3 is 15.2 Å². The van der Waals surface area contributed by atoms with Crippen molar-refractivity contribution in [2.45, 2.75) is 0 Å². The van der Waals surface area contributed by atoms with E-state index in [9.17, 15) is 9.59 Å². The number of carbonyl (C=O) groups excluding carboxylic acids is 1. The molecule has 82 valence electrons. The van der Waals surface area contributed by atoms with Crippen LogP contribution in [0.5, 0.6) is 0 Å². The lowest BCUT2D eigenvalue weighted by Gasteiger charge is -2.06. The molecule has 0 aliphatic heterocycles. The zero-order chi connectivity index (χ0) is 11.4. The van der Waals surface area contributed by atoms with Gasteiger partial charge in [-0.3, -0.25) is 9.59 Å². The number of halogens is 1. The van der Waals surface area contributed by atoms with Crippen molar-refractivity contribution in [3.8, 4) is 0 Å². The molecular weight excluding hydrogens is 218 g/mol. The Morgan fingerprint density at radius 2 is 2.27 bits per heavy atom. The number of pyridine rings is 1. The molecule has 1 aromatic rings. The molecule has 1 amide bonds. The Bertz CT molecular complexity index is 402. The first kappa shape index (κ1) is 11.7. The second-order valence-corrected chi connectivity index (χ2v) is 3.48. The van der Waals surface area contributed by atoms with E-state index in [0.717, 1.165) is 0 Å². The molecule has 1 rings (SSSR count). The summed E-state index contributed by atoms with van der Waals surface area (Å²) in [6.45, 7) is 0.209. The van der Waals surface area contributed by atoms with Crippen LogP contribution in [0.4, 0.5) is 5.69 Å². The van der Waals surface area contributed by atoms with Gasteiger partial charge in [-0.2, -0.15) is 0 Å². The van der Waals surface area contributed by atoms with Crippen molar-refractivity contribution in [3.05, 3.63) is 27.6 Å². The van der Waals surface area contributed by atoms with E-state index in [0.29, 0.717) is 5.69 Å². The Hall–Kier alpha value is -1.33. The molecule has 0 saturated carbocycles. The number of nitrogens with one attached hydrogen (secondary N) is 2. The minimum absolute atomic E-state index is 0.0831. The van der Waals surface area contributed by atoms with E-state index in [1.54, 1.807) is 14.1 Å². The lowest BCUT2D eigenvalue weighted by Crippen LogP contribution is -2.26. The Morgan fingerprint density at radius 1 is 1.60 bits per heavy atom. The topological polar surface area (TPSA) is 63.1 Å². The standard InChI is InChI=1S/C9H12ClN3O2/c1-11-4-8(14)12-6-3-7(10)9(15)13(2)5-6/h3,5,11H,4H2,1-2H3,(H,12,14). The molecule has 5 nitrogen and oxygen atoms in total. The summed E-state index contributed by atoms with van der Waals surface area (Å²) in [6, 6.07) is 1.43. The maximum absolute atomic E-state index is 11.2. The van der Waals surface area contributed by atoms with E-state index in [2.05, 4.69) is 10.6 Å². The van der Waals surface area contributed by atoms with Crippen molar-refractivity contribution >= 4 is 23.2 Å². The highest BCUT2D eigenvalue weighted by atomic mass is 35.5. The number of anilines is 1. The summed E-state index contributed by atoms with van der Waals surface area (Å²) < 4.78 is 1.32. The van der Waals surface area contributed by atoms with Crippen molar-refractivity contribution in [1.29, 1.82) is 0 Å². The molecule has 0 atom stereocenters. The van der Waals surface area contributed by atoms with Crippen molar-refractivity contribution in [3.63, 3.8) is 0 Å². The lowest BCUT2D eigenvalue weighted by atomic mass is 10.4.